The van der Waals surface area contributed by atoms with Crippen molar-refractivity contribution in [3.05, 3.63) is 21.1 Å². The summed E-state index contributed by atoms with van der Waals surface area (Å²) in [6.45, 7) is 2.26. The summed E-state index contributed by atoms with van der Waals surface area (Å²) in [5.41, 5.74) is 1.65. The first-order valence-electron chi connectivity index (χ1n) is 3.94. The number of hydrogen-bond donors (Lipinski definition) is 0. The molecule has 1 rings (SSSR count). The van der Waals surface area contributed by atoms with Crippen LogP contribution in [0.2, 0.25) is 0 Å². The van der Waals surface area contributed by atoms with Crippen LogP contribution in [-0.2, 0) is 24.4 Å². The van der Waals surface area contributed by atoms with Crippen molar-refractivity contribution < 1.29 is 75.3 Å². The molecule has 0 aliphatic heterocycles. The topological polar surface area (TPSA) is 0 Å². The third-order valence-corrected chi connectivity index (χ3v) is 3.72. The van der Waals surface area contributed by atoms with Gasteiger partial charge in [0.25, 0.3) is 0 Å². The summed E-state index contributed by atoms with van der Waals surface area (Å²) in [7, 11) is 0. The second kappa shape index (κ2) is 11.9. The predicted octanol–water partition coefficient (Wildman–Crippen LogP) is -6.05. The van der Waals surface area contributed by atoms with Crippen molar-refractivity contribution in [2.24, 2.45) is 0 Å². The average molecular weight is 539 g/mol. The zero-order valence-electron chi connectivity index (χ0n) is 7.62. The van der Waals surface area contributed by atoms with Crippen LogP contribution < -0.4 is 50.9 Å². The zero-order chi connectivity index (χ0) is 7.40. The Morgan fingerprint density at radius 3 is 2.31 bits per heavy atom. The van der Waals surface area contributed by atoms with Gasteiger partial charge in [-0.2, -0.15) is 0 Å². The van der Waals surface area contributed by atoms with E-state index in [1.165, 1.54) is 50.1 Å². The summed E-state index contributed by atoms with van der Waals surface area (Å²) in [4.78, 5) is 0. The molecular formula is C9H13Br3Hf. The van der Waals surface area contributed by atoms with E-state index in [4.69, 9.17) is 0 Å². The van der Waals surface area contributed by atoms with Gasteiger partial charge in [-0.05, 0) is 0 Å². The van der Waals surface area contributed by atoms with E-state index in [1.54, 1.807) is 8.90 Å². The fraction of sp³-hybridized carbons (Fsp3) is 0.556. The molecule has 0 radical (unpaired) electrons. The normalized spacial score (nSPS) is 13.2. The third kappa shape index (κ3) is 7.69. The molecule has 0 spiro atoms. The third-order valence-electron chi connectivity index (χ3n) is 1.83. The van der Waals surface area contributed by atoms with Gasteiger partial charge in [-0.25, -0.2) is 0 Å². The van der Waals surface area contributed by atoms with Crippen molar-refractivity contribution in [1.82, 2.24) is 0 Å². The van der Waals surface area contributed by atoms with Gasteiger partial charge in [0.2, 0.25) is 0 Å². The second-order valence-electron chi connectivity index (χ2n) is 2.71. The Morgan fingerprint density at radius 1 is 1.31 bits per heavy atom. The van der Waals surface area contributed by atoms with E-state index in [2.05, 4.69) is 19.1 Å². The summed E-state index contributed by atoms with van der Waals surface area (Å²) in [5.74, 6) is 0. The second-order valence-corrected chi connectivity index (χ2v) is 4.88. The van der Waals surface area contributed by atoms with Crippen LogP contribution >= 0.6 is 0 Å². The van der Waals surface area contributed by atoms with Crippen molar-refractivity contribution in [1.29, 1.82) is 0 Å². The molecule has 0 aromatic rings. The molecule has 0 N–H and O–H groups in total. The van der Waals surface area contributed by atoms with Crippen molar-refractivity contribution in [3.63, 3.8) is 0 Å². The van der Waals surface area contributed by atoms with Crippen LogP contribution in [0.3, 0.4) is 0 Å². The summed E-state index contributed by atoms with van der Waals surface area (Å²) >= 11 is 1.27. The monoisotopic (exact) mass is 538 g/mol. The van der Waals surface area contributed by atoms with Crippen LogP contribution in [0.4, 0.5) is 0 Å². The van der Waals surface area contributed by atoms with Crippen molar-refractivity contribution in [3.8, 4) is 0 Å². The molecule has 0 atom stereocenters. The Morgan fingerprint density at radius 2 is 1.92 bits per heavy atom. The molecule has 74 valence electrons. The molecule has 0 saturated heterocycles. The number of rotatable bonds is 3. The fourth-order valence-electron chi connectivity index (χ4n) is 1.15. The predicted molar refractivity (Wildman–Crippen MR) is 40.3 cm³/mol. The molecule has 0 amide bonds. The Hall–Kier alpha value is 1.79. The van der Waals surface area contributed by atoms with Gasteiger partial charge in [0.15, 0.2) is 0 Å². The number of allylic oxidation sites excluding steroid dienone is 4. The quantitative estimate of drug-likeness (QED) is 0.314. The number of hydrogen-bond acceptors (Lipinski definition) is 0. The summed E-state index contributed by atoms with van der Waals surface area (Å²) in [6.07, 6.45) is 9.89. The summed E-state index contributed by atoms with van der Waals surface area (Å²) in [6, 6.07) is 0. The molecule has 0 heterocycles. The van der Waals surface area contributed by atoms with E-state index in [-0.39, 0.29) is 50.9 Å². The van der Waals surface area contributed by atoms with Crippen LogP contribution in [-0.4, -0.2) is 0 Å². The molecule has 4 heteroatoms. The van der Waals surface area contributed by atoms with Crippen LogP contribution in [0.1, 0.15) is 32.6 Å². The molecule has 13 heavy (non-hydrogen) atoms. The zero-order valence-corrected chi connectivity index (χ0v) is 16.0. The molecule has 0 saturated carbocycles. The van der Waals surface area contributed by atoms with E-state index in [1.807, 2.05) is 0 Å². The first kappa shape index (κ1) is 20.2. The van der Waals surface area contributed by atoms with E-state index >= 15 is 0 Å². The van der Waals surface area contributed by atoms with Crippen LogP contribution in [0, 0.1) is 0 Å². The van der Waals surface area contributed by atoms with Gasteiger partial charge in [-0.15, -0.1) is 0 Å². The van der Waals surface area contributed by atoms with Crippen molar-refractivity contribution in [2.75, 3.05) is 0 Å². The maximum absolute atomic E-state index is 2.32. The Bertz CT molecular complexity index is 176. The molecule has 0 aromatic heterocycles. The fourth-order valence-corrected chi connectivity index (χ4v) is 2.32. The Balaban J connectivity index is -0.000000333. The van der Waals surface area contributed by atoms with Gasteiger partial charge >= 0.3 is 78.0 Å². The Labute approximate surface area is 128 Å². The molecule has 0 bridgehead atoms. The van der Waals surface area contributed by atoms with Gasteiger partial charge in [0.05, 0.1) is 0 Å². The van der Waals surface area contributed by atoms with Crippen molar-refractivity contribution >= 4 is 0 Å². The number of unbranched alkanes of at least 4 members (excludes halogenated alkanes) is 1. The molecule has 0 aromatic carbocycles. The summed E-state index contributed by atoms with van der Waals surface area (Å²) < 4.78 is 1.72. The molecule has 0 unspecified atom stereocenters. The van der Waals surface area contributed by atoms with E-state index in [0.29, 0.717) is 0 Å². The van der Waals surface area contributed by atoms with Gasteiger partial charge in [0, 0.05) is 0 Å². The minimum atomic E-state index is 0. The van der Waals surface area contributed by atoms with Gasteiger partial charge < -0.3 is 50.9 Å². The maximum atomic E-state index is 2.32. The molecule has 1 aliphatic rings. The van der Waals surface area contributed by atoms with Gasteiger partial charge in [0.1, 0.15) is 0 Å². The van der Waals surface area contributed by atoms with Crippen LogP contribution in [0.15, 0.2) is 21.1 Å². The molecule has 1 aliphatic carbocycles. The molecule has 0 fully saturated rings. The van der Waals surface area contributed by atoms with E-state index in [9.17, 15) is 0 Å². The first-order chi connectivity index (χ1) is 4.84. The van der Waals surface area contributed by atoms with Crippen LogP contribution in [0.5, 0.6) is 0 Å². The first-order valence-corrected chi connectivity index (χ1v) is 5.74. The average Bonchev–Trinajstić information content (AvgIpc) is 2.31. The van der Waals surface area contributed by atoms with Crippen molar-refractivity contribution in [2.45, 2.75) is 32.6 Å². The standard InChI is InChI=1S/C9H13.3BrH.Hf/c1-2-3-6-9-7-4-5-8-9;;;;/h4,7H,2-3,5-6H2,1H3;3*1H;/q;;;;+3/p-3. The minimum absolute atomic E-state index is 0. The Kier molecular flexibility index (Phi) is 18.5. The SMILES string of the molecule is CCCCC1=[C]([Hf+3])CC=C1.[Br-].[Br-].[Br-]. The number of halogens is 3. The smallest absolute Gasteiger partial charge is 1.00 e. The molecular weight excluding hydrogens is 526 g/mol. The van der Waals surface area contributed by atoms with E-state index < -0.39 is 0 Å². The minimum Gasteiger partial charge on any atom is -1.00 e. The van der Waals surface area contributed by atoms with E-state index in [0.717, 1.165) is 0 Å². The van der Waals surface area contributed by atoms with Gasteiger partial charge in [-0.3, -0.25) is 0 Å². The summed E-state index contributed by atoms with van der Waals surface area (Å²) in [5, 5.41) is 0. The van der Waals surface area contributed by atoms with Gasteiger partial charge in [-0.1, -0.05) is 0 Å². The van der Waals surface area contributed by atoms with Crippen LogP contribution in [0.25, 0.3) is 0 Å². The molecule has 0 nitrogen and oxygen atoms in total. The largest absolute Gasteiger partial charge is 1.00 e. The maximum Gasteiger partial charge on any atom is -1.00 e.